The first-order valence-corrected chi connectivity index (χ1v) is 10.8. The van der Waals surface area contributed by atoms with E-state index in [1.165, 1.54) is 6.07 Å². The van der Waals surface area contributed by atoms with Crippen molar-refractivity contribution in [3.8, 4) is 0 Å². The lowest BCUT2D eigenvalue weighted by Crippen LogP contribution is -2.22. The van der Waals surface area contributed by atoms with E-state index in [9.17, 15) is 9.18 Å². The maximum Gasteiger partial charge on any atom is 0.267 e. The second-order valence-electron chi connectivity index (χ2n) is 7.78. The van der Waals surface area contributed by atoms with Gasteiger partial charge in [0.2, 0.25) is 0 Å². The molecular weight excluding hydrogens is 427 g/mol. The Kier molecular flexibility index (Phi) is 8.92. The fraction of sp³-hybridized carbons (Fsp3) is 0.417. The van der Waals surface area contributed by atoms with Gasteiger partial charge in [0.25, 0.3) is 5.91 Å². The van der Waals surface area contributed by atoms with E-state index >= 15 is 0 Å². The fourth-order valence-corrected chi connectivity index (χ4v) is 3.41. The van der Waals surface area contributed by atoms with Gasteiger partial charge in [-0.15, -0.1) is 0 Å². The number of aromatic nitrogens is 2. The summed E-state index contributed by atoms with van der Waals surface area (Å²) in [5.74, 6) is -1.47. The van der Waals surface area contributed by atoms with Gasteiger partial charge in [-0.1, -0.05) is 19.9 Å². The average Bonchev–Trinajstić information content (AvgIpc) is 3.28. The molecule has 1 aliphatic rings. The number of carbonyl (C=O) groups excluding carboxylic acids is 1. The number of nitrogens with two attached hydrogens (primary N) is 1. The number of hydrogen-bond donors (Lipinski definition) is 3. The SMILES string of the molecule is CC.CC1(C)OC[C@H](CO)O1.Cc1ccc(Nc2c(C(N)=O)n(C)c3ccncc23)c(F)c1.[HH].[HH]. The van der Waals surface area contributed by atoms with Gasteiger partial charge >= 0.3 is 0 Å². The first kappa shape index (κ1) is 26.2. The van der Waals surface area contributed by atoms with E-state index in [0.717, 1.165) is 11.1 Å². The van der Waals surface area contributed by atoms with Gasteiger partial charge in [-0.2, -0.15) is 0 Å². The number of nitrogens with zero attached hydrogens (tertiary/aromatic N) is 2. The molecular formula is C24H37FN4O4. The van der Waals surface area contributed by atoms with Gasteiger partial charge in [0, 0.05) is 27.7 Å². The van der Waals surface area contributed by atoms with Crippen LogP contribution in [0.25, 0.3) is 10.9 Å². The number of halogens is 1. The van der Waals surface area contributed by atoms with Crippen LogP contribution in [0.3, 0.4) is 0 Å². The molecule has 4 N–H and O–H groups in total. The van der Waals surface area contributed by atoms with Crippen molar-refractivity contribution in [1.82, 2.24) is 9.55 Å². The van der Waals surface area contributed by atoms with Gasteiger partial charge < -0.3 is 30.2 Å². The number of primary amides is 1. The number of hydrogen-bond acceptors (Lipinski definition) is 6. The number of aryl methyl sites for hydroxylation is 2. The van der Waals surface area contributed by atoms with Gasteiger partial charge in [-0.05, 0) is 44.5 Å². The maximum absolute atomic E-state index is 14.1. The quantitative estimate of drug-likeness (QED) is 0.524. The molecule has 3 heterocycles. The molecule has 0 spiro atoms. The van der Waals surface area contributed by atoms with Crippen LogP contribution < -0.4 is 11.1 Å². The standard InChI is InChI=1S/C16H15FN4O.C6H12O3.C2H6.2H2/c1-9-3-4-12(11(17)7-9)20-14-10-8-19-6-5-13(10)21(2)15(14)16(18)22;1-6(2)8-4-5(3-7)9-6;1-2;;/h3-8,20H,1-2H3,(H2,18,22);5,7H,3-4H2,1-2H3;1-2H3;2*1H/t;5-;;;/m.0.../s1. The van der Waals surface area contributed by atoms with E-state index < -0.39 is 17.5 Å². The highest BCUT2D eigenvalue weighted by Crippen LogP contribution is 2.32. The molecule has 33 heavy (non-hydrogen) atoms. The van der Waals surface area contributed by atoms with Crippen molar-refractivity contribution >= 4 is 28.2 Å². The Morgan fingerprint density at radius 1 is 1.39 bits per heavy atom. The Morgan fingerprint density at radius 3 is 2.61 bits per heavy atom. The van der Waals surface area contributed by atoms with Crippen molar-refractivity contribution in [2.24, 2.45) is 12.8 Å². The predicted octanol–water partition coefficient (Wildman–Crippen LogP) is 4.51. The number of aliphatic hydroxyl groups is 1. The molecule has 1 atom stereocenters. The molecule has 0 saturated carbocycles. The Balaban J connectivity index is 0.000000756. The van der Waals surface area contributed by atoms with Crippen molar-refractivity contribution in [3.63, 3.8) is 0 Å². The van der Waals surface area contributed by atoms with Crippen LogP contribution in [0.4, 0.5) is 15.8 Å². The van der Waals surface area contributed by atoms with Crippen molar-refractivity contribution < 1.29 is 26.6 Å². The lowest BCUT2D eigenvalue weighted by atomic mass is 10.2. The summed E-state index contributed by atoms with van der Waals surface area (Å²) in [5, 5.41) is 12.3. The Morgan fingerprint density at radius 2 is 2.09 bits per heavy atom. The second kappa shape index (κ2) is 11.2. The molecule has 0 bridgehead atoms. The van der Waals surface area contributed by atoms with E-state index in [4.69, 9.17) is 20.3 Å². The maximum atomic E-state index is 14.1. The van der Waals surface area contributed by atoms with Crippen LogP contribution in [0.1, 0.15) is 46.6 Å². The first-order valence-electron chi connectivity index (χ1n) is 10.8. The highest BCUT2D eigenvalue weighted by molar-refractivity contribution is 6.09. The molecule has 1 saturated heterocycles. The van der Waals surface area contributed by atoms with Crippen molar-refractivity contribution in [2.45, 2.75) is 46.5 Å². The third-order valence-electron chi connectivity index (χ3n) is 4.89. The van der Waals surface area contributed by atoms with E-state index in [0.29, 0.717) is 17.7 Å². The highest BCUT2D eigenvalue weighted by atomic mass is 19.1. The van der Waals surface area contributed by atoms with Gasteiger partial charge in [-0.25, -0.2) is 4.39 Å². The zero-order valence-corrected chi connectivity index (χ0v) is 20.0. The van der Waals surface area contributed by atoms with Crippen LogP contribution in [-0.4, -0.2) is 45.7 Å². The van der Waals surface area contributed by atoms with Crippen LogP contribution in [0.2, 0.25) is 0 Å². The number of aliphatic hydroxyl groups excluding tert-OH is 1. The van der Waals surface area contributed by atoms with Gasteiger partial charge in [0.1, 0.15) is 17.6 Å². The Hall–Kier alpha value is -3.01. The molecule has 3 aromatic rings. The molecule has 184 valence electrons. The number of benzene rings is 1. The summed E-state index contributed by atoms with van der Waals surface area (Å²) in [6, 6.07) is 6.62. The smallest absolute Gasteiger partial charge is 0.267 e. The fourth-order valence-electron chi connectivity index (χ4n) is 3.41. The van der Waals surface area contributed by atoms with Crippen molar-refractivity contribution in [3.05, 3.63) is 53.7 Å². The summed E-state index contributed by atoms with van der Waals surface area (Å²) in [6.07, 6.45) is 3.12. The largest absolute Gasteiger partial charge is 0.394 e. The number of nitrogens with one attached hydrogen (secondary N) is 1. The van der Waals surface area contributed by atoms with Crippen LogP contribution in [0.15, 0.2) is 36.7 Å². The molecule has 9 heteroatoms. The van der Waals surface area contributed by atoms with Crippen LogP contribution >= 0.6 is 0 Å². The zero-order chi connectivity index (χ0) is 24.8. The summed E-state index contributed by atoms with van der Waals surface area (Å²) >= 11 is 0. The third-order valence-corrected chi connectivity index (χ3v) is 4.89. The number of carbonyl (C=O) groups is 1. The van der Waals surface area contributed by atoms with Crippen LogP contribution in [0, 0.1) is 12.7 Å². The number of anilines is 2. The van der Waals surface area contributed by atoms with Crippen molar-refractivity contribution in [1.29, 1.82) is 0 Å². The van der Waals surface area contributed by atoms with E-state index in [-0.39, 0.29) is 26.9 Å². The molecule has 4 rings (SSSR count). The lowest BCUT2D eigenvalue weighted by Gasteiger charge is -2.15. The van der Waals surface area contributed by atoms with Gasteiger partial charge in [0.05, 0.1) is 30.1 Å². The average molecular weight is 465 g/mol. The highest BCUT2D eigenvalue weighted by Gasteiger charge is 2.31. The summed E-state index contributed by atoms with van der Waals surface area (Å²) in [5.41, 5.74) is 8.11. The van der Waals surface area contributed by atoms with Crippen molar-refractivity contribution in [2.75, 3.05) is 18.5 Å². The Labute approximate surface area is 196 Å². The number of amides is 1. The number of rotatable bonds is 4. The lowest BCUT2D eigenvalue weighted by molar-refractivity contribution is -0.142. The summed E-state index contributed by atoms with van der Waals surface area (Å²) in [4.78, 5) is 15.9. The van der Waals surface area contributed by atoms with E-state index in [1.54, 1.807) is 42.2 Å². The molecule has 8 nitrogen and oxygen atoms in total. The van der Waals surface area contributed by atoms with Gasteiger partial charge in [0.15, 0.2) is 5.79 Å². The molecule has 0 aliphatic carbocycles. The van der Waals surface area contributed by atoms with E-state index in [1.807, 2.05) is 34.6 Å². The minimum Gasteiger partial charge on any atom is -0.394 e. The molecule has 0 unspecified atom stereocenters. The molecule has 2 aromatic heterocycles. The predicted molar refractivity (Wildman–Crippen MR) is 131 cm³/mol. The summed E-state index contributed by atoms with van der Waals surface area (Å²) < 4.78 is 26.1. The molecule has 1 fully saturated rings. The molecule has 1 amide bonds. The number of ether oxygens (including phenoxy) is 2. The minimum absolute atomic E-state index is 0. The number of pyridine rings is 1. The number of fused-ring (bicyclic) bond motifs is 1. The normalized spacial score (nSPS) is 16.4. The molecule has 1 aromatic carbocycles. The van der Waals surface area contributed by atoms with Crippen LogP contribution in [0.5, 0.6) is 0 Å². The minimum atomic E-state index is -0.589. The summed E-state index contributed by atoms with van der Waals surface area (Å²) in [7, 11) is 1.74. The third kappa shape index (κ3) is 6.28. The first-order chi connectivity index (χ1) is 15.6. The van der Waals surface area contributed by atoms with Gasteiger partial charge in [-0.3, -0.25) is 9.78 Å². The molecule has 0 radical (unpaired) electrons. The molecule has 1 aliphatic heterocycles. The van der Waals surface area contributed by atoms with E-state index in [2.05, 4.69) is 10.3 Å². The second-order valence-corrected chi connectivity index (χ2v) is 7.78. The topological polar surface area (TPSA) is 112 Å². The summed E-state index contributed by atoms with van der Waals surface area (Å²) in [6.45, 7) is 10.0. The monoisotopic (exact) mass is 464 g/mol. The Bertz CT molecular complexity index is 1110. The zero-order valence-electron chi connectivity index (χ0n) is 20.0. The van der Waals surface area contributed by atoms with Crippen LogP contribution in [-0.2, 0) is 16.5 Å².